The van der Waals surface area contributed by atoms with Gasteiger partial charge >= 0.3 is 5.97 Å². The van der Waals surface area contributed by atoms with Crippen molar-refractivity contribution >= 4 is 5.97 Å². The minimum absolute atomic E-state index is 0.0973. The van der Waals surface area contributed by atoms with Crippen LogP contribution in [0.2, 0.25) is 0 Å². The molecule has 0 aliphatic carbocycles. The van der Waals surface area contributed by atoms with Crippen LogP contribution in [0.5, 0.6) is 0 Å². The Hall–Kier alpha value is -0.830. The predicted molar refractivity (Wildman–Crippen MR) is 72.2 cm³/mol. The highest BCUT2D eigenvalue weighted by Crippen LogP contribution is 2.29. The Morgan fingerprint density at radius 3 is 1.88 bits per heavy atom. The summed E-state index contributed by atoms with van der Waals surface area (Å²) >= 11 is 0. The van der Waals surface area contributed by atoms with Crippen molar-refractivity contribution < 1.29 is 9.90 Å². The predicted octanol–water partition coefficient (Wildman–Crippen LogP) is 3.16. The minimum Gasteiger partial charge on any atom is -0.478 e. The molecule has 17 heavy (non-hydrogen) atoms. The van der Waals surface area contributed by atoms with Crippen molar-refractivity contribution in [2.75, 3.05) is 13.1 Å². The molecule has 0 saturated heterocycles. The van der Waals surface area contributed by atoms with Gasteiger partial charge in [-0.25, -0.2) is 4.79 Å². The molecular weight excluding hydrogens is 214 g/mol. The number of carboxylic acids is 1. The number of hydrogen-bond acceptors (Lipinski definition) is 2. The maximum absolute atomic E-state index is 11.2. The van der Waals surface area contributed by atoms with Gasteiger partial charge in [0.1, 0.15) is 0 Å². The van der Waals surface area contributed by atoms with E-state index in [1.54, 1.807) is 0 Å². The summed E-state index contributed by atoms with van der Waals surface area (Å²) in [7, 11) is 0. The Morgan fingerprint density at radius 2 is 1.65 bits per heavy atom. The molecule has 1 N–H and O–H groups in total. The smallest absolute Gasteiger partial charge is 0.332 e. The van der Waals surface area contributed by atoms with Crippen molar-refractivity contribution in [3.05, 3.63) is 12.2 Å². The Balaban J connectivity index is 5.12. The summed E-state index contributed by atoms with van der Waals surface area (Å²) < 4.78 is 0. The summed E-state index contributed by atoms with van der Waals surface area (Å²) in [5.41, 5.74) is 0.194. The van der Waals surface area contributed by atoms with Gasteiger partial charge in [0.05, 0.1) is 0 Å². The molecule has 0 radical (unpaired) electrons. The highest BCUT2D eigenvalue weighted by Gasteiger charge is 2.34. The highest BCUT2D eigenvalue weighted by atomic mass is 16.4. The summed E-state index contributed by atoms with van der Waals surface area (Å²) in [4.78, 5) is 13.4. The van der Waals surface area contributed by atoms with Crippen LogP contribution in [-0.4, -0.2) is 35.1 Å². The van der Waals surface area contributed by atoms with E-state index in [4.69, 9.17) is 0 Å². The molecule has 3 heteroatoms. The van der Waals surface area contributed by atoms with Gasteiger partial charge in [-0.15, -0.1) is 0 Å². The molecule has 1 unspecified atom stereocenters. The van der Waals surface area contributed by atoms with Gasteiger partial charge < -0.3 is 5.11 Å². The molecule has 0 aromatic rings. The minimum atomic E-state index is -0.887. The zero-order valence-electron chi connectivity index (χ0n) is 11.9. The van der Waals surface area contributed by atoms with Gasteiger partial charge in [-0.05, 0) is 31.3 Å². The molecule has 0 aliphatic heterocycles. The first-order chi connectivity index (χ1) is 7.75. The van der Waals surface area contributed by atoms with Crippen molar-refractivity contribution in [1.82, 2.24) is 4.90 Å². The van der Waals surface area contributed by atoms with Crippen LogP contribution in [0, 0.1) is 5.41 Å². The second-order valence-corrected chi connectivity index (χ2v) is 5.63. The highest BCUT2D eigenvalue weighted by molar-refractivity contribution is 5.87. The summed E-state index contributed by atoms with van der Waals surface area (Å²) in [6, 6.07) is -0.0973. The lowest BCUT2D eigenvalue weighted by atomic mass is 9.81. The number of nitrogens with zero attached hydrogens (tertiary/aromatic N) is 1. The molecule has 100 valence electrons. The molecule has 3 nitrogen and oxygen atoms in total. The summed E-state index contributed by atoms with van der Waals surface area (Å²) in [5, 5.41) is 9.17. The van der Waals surface area contributed by atoms with E-state index in [2.05, 4.69) is 46.1 Å². The van der Waals surface area contributed by atoms with Crippen LogP contribution in [0.15, 0.2) is 12.2 Å². The summed E-state index contributed by atoms with van der Waals surface area (Å²) in [5.74, 6) is -0.887. The third kappa shape index (κ3) is 4.90. The monoisotopic (exact) mass is 241 g/mol. The standard InChI is InChI=1S/C14H27NO2/c1-7-9-15(10-8-2)12(14(4,5)6)11(3)13(16)17/h12H,3,7-10H2,1-2,4-6H3,(H,16,17). The van der Waals surface area contributed by atoms with E-state index in [1.165, 1.54) is 0 Å². The molecule has 0 aromatic heterocycles. The lowest BCUT2D eigenvalue weighted by Crippen LogP contribution is -2.47. The second-order valence-electron chi connectivity index (χ2n) is 5.63. The van der Waals surface area contributed by atoms with Gasteiger partial charge in [-0.3, -0.25) is 4.90 Å². The SMILES string of the molecule is C=C(C(=O)O)C(N(CCC)CCC)C(C)(C)C. The Morgan fingerprint density at radius 1 is 1.24 bits per heavy atom. The van der Waals surface area contributed by atoms with E-state index in [1.807, 2.05) is 0 Å². The topological polar surface area (TPSA) is 40.5 Å². The average Bonchev–Trinajstić information content (AvgIpc) is 2.16. The van der Waals surface area contributed by atoms with E-state index in [9.17, 15) is 9.90 Å². The molecule has 0 spiro atoms. The molecule has 0 rings (SSSR count). The summed E-state index contributed by atoms with van der Waals surface area (Å²) in [6.07, 6.45) is 2.05. The molecule has 0 saturated carbocycles. The van der Waals surface area contributed by atoms with Crippen LogP contribution in [0.25, 0.3) is 0 Å². The van der Waals surface area contributed by atoms with Crippen LogP contribution in [0.4, 0.5) is 0 Å². The van der Waals surface area contributed by atoms with Crippen LogP contribution in [0.1, 0.15) is 47.5 Å². The summed E-state index contributed by atoms with van der Waals surface area (Å²) in [6.45, 7) is 16.1. The van der Waals surface area contributed by atoms with E-state index < -0.39 is 5.97 Å². The maximum Gasteiger partial charge on any atom is 0.332 e. The molecule has 0 fully saturated rings. The van der Waals surface area contributed by atoms with Crippen molar-refractivity contribution in [3.8, 4) is 0 Å². The van der Waals surface area contributed by atoms with Crippen molar-refractivity contribution in [3.63, 3.8) is 0 Å². The van der Waals surface area contributed by atoms with E-state index in [-0.39, 0.29) is 11.5 Å². The fourth-order valence-electron chi connectivity index (χ4n) is 2.35. The molecule has 1 atom stereocenters. The molecule has 0 aliphatic rings. The van der Waals surface area contributed by atoms with Gasteiger partial charge in [-0.1, -0.05) is 41.2 Å². The fraction of sp³-hybridized carbons (Fsp3) is 0.786. The van der Waals surface area contributed by atoms with E-state index in [0.29, 0.717) is 5.57 Å². The Labute approximate surface area is 106 Å². The number of aliphatic carboxylic acids is 1. The average molecular weight is 241 g/mol. The van der Waals surface area contributed by atoms with Crippen LogP contribution in [0.3, 0.4) is 0 Å². The fourth-order valence-corrected chi connectivity index (χ4v) is 2.35. The lowest BCUT2D eigenvalue weighted by molar-refractivity contribution is -0.134. The first-order valence-electron chi connectivity index (χ1n) is 6.41. The number of hydrogen-bond donors (Lipinski definition) is 1. The Bertz CT molecular complexity index is 260. The lowest BCUT2D eigenvalue weighted by Gasteiger charge is -2.40. The molecular formula is C14H27NO2. The van der Waals surface area contributed by atoms with Crippen molar-refractivity contribution in [2.24, 2.45) is 5.41 Å². The van der Waals surface area contributed by atoms with Gasteiger partial charge in [-0.2, -0.15) is 0 Å². The third-order valence-corrected chi connectivity index (χ3v) is 2.81. The van der Waals surface area contributed by atoms with Crippen molar-refractivity contribution in [1.29, 1.82) is 0 Å². The van der Waals surface area contributed by atoms with E-state index in [0.717, 1.165) is 25.9 Å². The van der Waals surface area contributed by atoms with Gasteiger partial charge in [0, 0.05) is 11.6 Å². The normalized spacial score (nSPS) is 13.8. The Kier molecular flexibility index (Phi) is 6.46. The first kappa shape index (κ1) is 16.2. The van der Waals surface area contributed by atoms with Crippen LogP contribution >= 0.6 is 0 Å². The van der Waals surface area contributed by atoms with Crippen LogP contribution in [-0.2, 0) is 4.79 Å². The number of rotatable bonds is 7. The number of carbonyl (C=O) groups is 1. The maximum atomic E-state index is 11.2. The molecule has 0 amide bonds. The van der Waals surface area contributed by atoms with Gasteiger partial charge in [0.15, 0.2) is 0 Å². The first-order valence-corrected chi connectivity index (χ1v) is 6.41. The number of carboxylic acid groups (broad SMARTS) is 1. The second kappa shape index (κ2) is 6.80. The largest absolute Gasteiger partial charge is 0.478 e. The van der Waals surface area contributed by atoms with Crippen molar-refractivity contribution in [2.45, 2.75) is 53.5 Å². The molecule has 0 heterocycles. The van der Waals surface area contributed by atoms with Gasteiger partial charge in [0.2, 0.25) is 0 Å². The third-order valence-electron chi connectivity index (χ3n) is 2.81. The van der Waals surface area contributed by atoms with Crippen LogP contribution < -0.4 is 0 Å². The zero-order chi connectivity index (χ0) is 13.6. The van der Waals surface area contributed by atoms with Gasteiger partial charge in [0.25, 0.3) is 0 Å². The van der Waals surface area contributed by atoms with E-state index >= 15 is 0 Å². The quantitative estimate of drug-likeness (QED) is 0.696. The molecule has 0 bridgehead atoms. The molecule has 0 aromatic carbocycles. The zero-order valence-corrected chi connectivity index (χ0v) is 11.9.